The third kappa shape index (κ3) is 6.12. The van der Waals surface area contributed by atoms with Crippen LogP contribution >= 0.6 is 0 Å². The number of nitrogens with zero attached hydrogens (tertiary/aromatic N) is 3. The predicted octanol–water partition coefficient (Wildman–Crippen LogP) is 13.8. The van der Waals surface area contributed by atoms with Gasteiger partial charge < -0.3 is 0 Å². The first kappa shape index (κ1) is 33.1. The van der Waals surface area contributed by atoms with Gasteiger partial charge in [-0.1, -0.05) is 212 Å². The average Bonchev–Trinajstić information content (AvgIpc) is 3.29. The highest BCUT2D eigenvalue weighted by Gasteiger charge is 2.19. The van der Waals surface area contributed by atoms with Crippen molar-refractivity contribution in [2.45, 2.75) is 0 Å². The first-order valence-electron chi connectivity index (χ1n) is 18.9. The largest absolute Gasteiger partial charge is 0.208 e. The van der Waals surface area contributed by atoms with E-state index < -0.39 is 0 Å². The molecule has 0 atom stereocenters. The molecule has 0 saturated carbocycles. The van der Waals surface area contributed by atoms with Gasteiger partial charge in [0.15, 0.2) is 17.5 Å². The third-order valence-corrected chi connectivity index (χ3v) is 10.6. The van der Waals surface area contributed by atoms with Crippen LogP contribution < -0.4 is 0 Å². The van der Waals surface area contributed by atoms with Crippen molar-refractivity contribution in [3.8, 4) is 78.7 Å². The van der Waals surface area contributed by atoms with Crippen LogP contribution in [0.15, 0.2) is 212 Å². The van der Waals surface area contributed by atoms with Crippen molar-refractivity contribution >= 4 is 21.5 Å². The summed E-state index contributed by atoms with van der Waals surface area (Å²) in [6.07, 6.45) is 0. The standard InChI is InChI=1S/C53H35N3/c1-4-16-36(17-5-1)37-28-30-39(31-29-37)49-44-23-11-13-25-46(44)50(47-26-14-12-24-45(47)49)40-32-34-42(35-33-40)52-54-51(41-20-8-3-9-21-41)55-53(56-52)48-27-15-10-22-43(48)38-18-6-2-7-19-38/h1-35H. The normalized spacial score (nSPS) is 11.2. The van der Waals surface area contributed by atoms with Crippen molar-refractivity contribution in [3.05, 3.63) is 212 Å². The van der Waals surface area contributed by atoms with Gasteiger partial charge in [-0.05, 0) is 66.1 Å². The Kier molecular flexibility index (Phi) is 8.51. The van der Waals surface area contributed by atoms with Gasteiger partial charge in [-0.15, -0.1) is 0 Å². The molecule has 0 bridgehead atoms. The fourth-order valence-electron chi connectivity index (χ4n) is 7.89. The van der Waals surface area contributed by atoms with E-state index in [9.17, 15) is 0 Å². The number of hydrogen-bond donors (Lipinski definition) is 0. The van der Waals surface area contributed by atoms with Crippen LogP contribution in [-0.2, 0) is 0 Å². The molecular formula is C53H35N3. The summed E-state index contributed by atoms with van der Waals surface area (Å²) in [5, 5.41) is 4.88. The number of hydrogen-bond acceptors (Lipinski definition) is 3. The van der Waals surface area contributed by atoms with E-state index in [4.69, 9.17) is 15.0 Å². The third-order valence-electron chi connectivity index (χ3n) is 10.6. The molecular weight excluding hydrogens is 679 g/mol. The van der Waals surface area contributed by atoms with Crippen molar-refractivity contribution in [2.24, 2.45) is 0 Å². The van der Waals surface area contributed by atoms with Crippen LogP contribution in [0.4, 0.5) is 0 Å². The molecule has 0 radical (unpaired) electrons. The Hall–Kier alpha value is -7.49. The van der Waals surface area contributed by atoms with Crippen LogP contribution in [0.25, 0.3) is 100 Å². The average molecular weight is 714 g/mol. The van der Waals surface area contributed by atoms with Gasteiger partial charge in [0.05, 0.1) is 0 Å². The Bertz CT molecular complexity index is 2920. The van der Waals surface area contributed by atoms with Crippen LogP contribution in [-0.4, -0.2) is 15.0 Å². The van der Waals surface area contributed by atoms with Crippen LogP contribution in [0.1, 0.15) is 0 Å². The Morgan fingerprint density at radius 1 is 0.196 bits per heavy atom. The van der Waals surface area contributed by atoms with Crippen LogP contribution in [0.2, 0.25) is 0 Å². The SMILES string of the molecule is c1ccc(-c2ccc(-c3c4ccccc4c(-c4ccc(-c5nc(-c6ccccc6)nc(-c6ccccc6-c6ccccc6)n5)cc4)c4ccccc34)cc2)cc1. The molecule has 0 fully saturated rings. The molecule has 0 N–H and O–H groups in total. The predicted molar refractivity (Wildman–Crippen MR) is 233 cm³/mol. The first-order valence-corrected chi connectivity index (χ1v) is 18.9. The molecule has 3 nitrogen and oxygen atoms in total. The zero-order valence-corrected chi connectivity index (χ0v) is 30.5. The monoisotopic (exact) mass is 713 g/mol. The minimum absolute atomic E-state index is 0.632. The Morgan fingerprint density at radius 3 is 0.982 bits per heavy atom. The van der Waals surface area contributed by atoms with Crippen molar-refractivity contribution in [2.75, 3.05) is 0 Å². The topological polar surface area (TPSA) is 38.7 Å². The zero-order chi connectivity index (χ0) is 37.3. The van der Waals surface area contributed by atoms with Crippen LogP contribution in [0, 0.1) is 0 Å². The molecule has 262 valence electrons. The molecule has 0 aliphatic heterocycles. The maximum absolute atomic E-state index is 5.14. The molecule has 1 heterocycles. The van der Waals surface area contributed by atoms with Gasteiger partial charge in [-0.2, -0.15) is 0 Å². The van der Waals surface area contributed by atoms with E-state index in [0.717, 1.165) is 33.4 Å². The van der Waals surface area contributed by atoms with E-state index in [1.54, 1.807) is 0 Å². The molecule has 3 heteroatoms. The molecule has 9 aromatic carbocycles. The number of fused-ring (bicyclic) bond motifs is 2. The molecule has 10 aromatic rings. The molecule has 0 saturated heterocycles. The highest BCUT2D eigenvalue weighted by atomic mass is 15.0. The highest BCUT2D eigenvalue weighted by molar-refractivity contribution is 6.21. The van der Waals surface area contributed by atoms with E-state index in [1.807, 2.05) is 42.5 Å². The summed E-state index contributed by atoms with van der Waals surface area (Å²) in [6.45, 7) is 0. The van der Waals surface area contributed by atoms with Gasteiger partial charge in [0.2, 0.25) is 0 Å². The summed E-state index contributed by atoms with van der Waals surface area (Å²) < 4.78 is 0. The molecule has 0 aliphatic carbocycles. The van der Waals surface area contributed by atoms with Crippen molar-refractivity contribution in [1.29, 1.82) is 0 Å². The van der Waals surface area contributed by atoms with E-state index >= 15 is 0 Å². The number of aromatic nitrogens is 3. The number of benzene rings is 9. The lowest BCUT2D eigenvalue weighted by molar-refractivity contribution is 1.07. The quantitative estimate of drug-likeness (QED) is 0.154. The molecule has 56 heavy (non-hydrogen) atoms. The van der Waals surface area contributed by atoms with E-state index in [2.05, 4.69) is 170 Å². The summed E-state index contributed by atoms with van der Waals surface area (Å²) in [6, 6.07) is 74.7. The van der Waals surface area contributed by atoms with E-state index in [-0.39, 0.29) is 0 Å². The van der Waals surface area contributed by atoms with Crippen LogP contribution in [0.3, 0.4) is 0 Å². The Labute approximate surface area is 326 Å². The minimum Gasteiger partial charge on any atom is -0.208 e. The zero-order valence-electron chi connectivity index (χ0n) is 30.5. The van der Waals surface area contributed by atoms with Gasteiger partial charge in [-0.3, -0.25) is 0 Å². The van der Waals surface area contributed by atoms with Gasteiger partial charge in [-0.25, -0.2) is 15.0 Å². The molecule has 0 spiro atoms. The summed E-state index contributed by atoms with van der Waals surface area (Å²) >= 11 is 0. The Morgan fingerprint density at radius 2 is 0.500 bits per heavy atom. The highest BCUT2D eigenvalue weighted by Crippen LogP contribution is 2.44. The maximum Gasteiger partial charge on any atom is 0.164 e. The van der Waals surface area contributed by atoms with E-state index in [0.29, 0.717) is 17.5 Å². The van der Waals surface area contributed by atoms with E-state index in [1.165, 1.54) is 49.4 Å². The van der Waals surface area contributed by atoms with Crippen molar-refractivity contribution < 1.29 is 0 Å². The number of rotatable bonds is 7. The summed E-state index contributed by atoms with van der Waals surface area (Å²) in [5.74, 6) is 1.91. The lowest BCUT2D eigenvalue weighted by Crippen LogP contribution is -2.01. The lowest BCUT2D eigenvalue weighted by Gasteiger charge is -2.18. The summed E-state index contributed by atoms with van der Waals surface area (Å²) in [5.41, 5.74) is 12.3. The Balaban J connectivity index is 1.10. The summed E-state index contributed by atoms with van der Waals surface area (Å²) in [7, 11) is 0. The molecule has 0 aliphatic rings. The van der Waals surface area contributed by atoms with Gasteiger partial charge in [0, 0.05) is 16.7 Å². The molecule has 0 amide bonds. The summed E-state index contributed by atoms with van der Waals surface area (Å²) in [4.78, 5) is 15.2. The second-order valence-electron chi connectivity index (χ2n) is 13.9. The molecule has 0 unspecified atom stereocenters. The minimum atomic E-state index is 0.632. The molecule has 10 rings (SSSR count). The maximum atomic E-state index is 5.14. The fourth-order valence-corrected chi connectivity index (χ4v) is 7.89. The van der Waals surface area contributed by atoms with Gasteiger partial charge >= 0.3 is 0 Å². The van der Waals surface area contributed by atoms with Crippen molar-refractivity contribution in [1.82, 2.24) is 15.0 Å². The second-order valence-corrected chi connectivity index (χ2v) is 13.9. The van der Waals surface area contributed by atoms with Crippen molar-refractivity contribution in [3.63, 3.8) is 0 Å². The lowest BCUT2D eigenvalue weighted by atomic mass is 9.85. The first-order chi connectivity index (χ1) is 27.8. The fraction of sp³-hybridized carbons (Fsp3) is 0. The second kappa shape index (κ2) is 14.4. The molecule has 1 aromatic heterocycles. The van der Waals surface area contributed by atoms with Crippen LogP contribution in [0.5, 0.6) is 0 Å². The van der Waals surface area contributed by atoms with Gasteiger partial charge in [0.25, 0.3) is 0 Å². The van der Waals surface area contributed by atoms with Gasteiger partial charge in [0.1, 0.15) is 0 Å². The smallest absolute Gasteiger partial charge is 0.164 e.